The lowest BCUT2D eigenvalue weighted by Crippen LogP contribution is -2.40. The van der Waals surface area contributed by atoms with Gasteiger partial charge in [-0.05, 0) is 55.5 Å². The zero-order valence-corrected chi connectivity index (χ0v) is 19.0. The van der Waals surface area contributed by atoms with Crippen LogP contribution in [-0.2, 0) is 24.2 Å². The Labute approximate surface area is 193 Å². The predicted molar refractivity (Wildman–Crippen MR) is 130 cm³/mol. The van der Waals surface area contributed by atoms with E-state index in [0.717, 1.165) is 36.1 Å². The molecule has 0 atom stereocenters. The van der Waals surface area contributed by atoms with Crippen molar-refractivity contribution in [2.75, 3.05) is 12.4 Å². The van der Waals surface area contributed by atoms with Gasteiger partial charge in [0.05, 0.1) is 18.2 Å². The molecule has 0 radical (unpaired) electrons. The minimum atomic E-state index is -0.516. The Kier molecular flexibility index (Phi) is 5.60. The summed E-state index contributed by atoms with van der Waals surface area (Å²) in [5, 5.41) is 3.39. The maximum Gasteiger partial charge on any atom is 0.337 e. The fourth-order valence-corrected chi connectivity index (χ4v) is 5.73. The number of nitrogens with one attached hydrogen (secondary N) is 1. The fraction of sp³-hybridized carbons (Fsp3) is 0.240. The van der Waals surface area contributed by atoms with Crippen LogP contribution in [0.4, 0.5) is 5.69 Å². The Morgan fingerprint density at radius 1 is 1.06 bits per heavy atom. The van der Waals surface area contributed by atoms with Gasteiger partial charge >= 0.3 is 5.69 Å². The van der Waals surface area contributed by atoms with E-state index in [1.807, 2.05) is 6.07 Å². The summed E-state index contributed by atoms with van der Waals surface area (Å²) in [6.45, 7) is -0.195. The van der Waals surface area contributed by atoms with Gasteiger partial charge in [0.15, 0.2) is 0 Å². The Morgan fingerprint density at radius 3 is 2.64 bits per heavy atom. The van der Waals surface area contributed by atoms with Crippen LogP contribution in [0.15, 0.2) is 64.2 Å². The number of hydrogen-bond acceptors (Lipinski definition) is 5. The number of para-hydroxylation sites is 1. The van der Waals surface area contributed by atoms with Crippen molar-refractivity contribution < 1.29 is 9.53 Å². The molecule has 1 aliphatic rings. The molecule has 0 unspecified atom stereocenters. The molecule has 1 N–H and O–H groups in total. The molecule has 2 aromatic carbocycles. The third kappa shape index (κ3) is 3.87. The summed E-state index contributed by atoms with van der Waals surface area (Å²) in [4.78, 5) is 41.7. The van der Waals surface area contributed by atoms with Crippen molar-refractivity contribution >= 4 is 33.1 Å². The summed E-state index contributed by atoms with van der Waals surface area (Å²) in [6.07, 6.45) is 3.78. The van der Waals surface area contributed by atoms with Gasteiger partial charge in [-0.3, -0.25) is 14.2 Å². The van der Waals surface area contributed by atoms with E-state index < -0.39 is 5.69 Å². The van der Waals surface area contributed by atoms with Gasteiger partial charge in [0.2, 0.25) is 5.91 Å². The monoisotopic (exact) mass is 461 g/mol. The number of aryl methyl sites for hydroxylation is 2. The second-order valence-electron chi connectivity index (χ2n) is 8.02. The number of benzene rings is 2. The first-order valence-corrected chi connectivity index (χ1v) is 11.7. The van der Waals surface area contributed by atoms with Gasteiger partial charge in [-0.1, -0.05) is 24.3 Å². The second kappa shape index (κ2) is 8.71. The van der Waals surface area contributed by atoms with Crippen molar-refractivity contribution in [3.05, 3.63) is 85.9 Å². The van der Waals surface area contributed by atoms with E-state index >= 15 is 0 Å². The Bertz CT molecular complexity index is 1470. The van der Waals surface area contributed by atoms with Gasteiger partial charge in [-0.25, -0.2) is 9.36 Å². The third-order valence-electron chi connectivity index (χ3n) is 5.91. The van der Waals surface area contributed by atoms with Crippen LogP contribution in [0.2, 0.25) is 0 Å². The first-order valence-electron chi connectivity index (χ1n) is 10.9. The van der Waals surface area contributed by atoms with Crippen LogP contribution < -0.4 is 21.3 Å². The Morgan fingerprint density at radius 2 is 1.85 bits per heavy atom. The van der Waals surface area contributed by atoms with Crippen molar-refractivity contribution in [3.63, 3.8) is 0 Å². The van der Waals surface area contributed by atoms with Crippen LogP contribution in [0.1, 0.15) is 23.3 Å². The number of ether oxygens (including phenoxy) is 1. The molecule has 0 fully saturated rings. The highest BCUT2D eigenvalue weighted by Crippen LogP contribution is 2.34. The highest BCUT2D eigenvalue weighted by molar-refractivity contribution is 7.18. The van der Waals surface area contributed by atoms with Gasteiger partial charge in [0, 0.05) is 16.6 Å². The zero-order chi connectivity index (χ0) is 22.9. The number of nitrogens with zero attached hydrogens (tertiary/aromatic N) is 2. The van der Waals surface area contributed by atoms with Crippen LogP contribution in [0.25, 0.3) is 15.9 Å². The Balaban J connectivity index is 1.64. The van der Waals surface area contributed by atoms with E-state index in [4.69, 9.17) is 4.74 Å². The van der Waals surface area contributed by atoms with Crippen LogP contribution >= 0.6 is 11.3 Å². The van der Waals surface area contributed by atoms with Gasteiger partial charge in [0.1, 0.15) is 17.1 Å². The van der Waals surface area contributed by atoms with Crippen molar-refractivity contribution in [3.8, 4) is 11.4 Å². The molecule has 2 heterocycles. The van der Waals surface area contributed by atoms with Crippen LogP contribution in [0.3, 0.4) is 0 Å². The number of rotatable bonds is 5. The van der Waals surface area contributed by atoms with E-state index in [0.29, 0.717) is 27.3 Å². The molecule has 0 saturated carbocycles. The minimum absolute atomic E-state index is 0.195. The van der Waals surface area contributed by atoms with Gasteiger partial charge in [0.25, 0.3) is 5.56 Å². The maximum absolute atomic E-state index is 13.5. The smallest absolute Gasteiger partial charge is 0.337 e. The van der Waals surface area contributed by atoms with Crippen molar-refractivity contribution in [1.82, 2.24) is 9.13 Å². The minimum Gasteiger partial charge on any atom is -0.497 e. The fourth-order valence-electron chi connectivity index (χ4n) is 4.36. The third-order valence-corrected chi connectivity index (χ3v) is 7.22. The van der Waals surface area contributed by atoms with E-state index in [-0.39, 0.29) is 18.0 Å². The lowest BCUT2D eigenvalue weighted by atomic mass is 9.97. The molecule has 0 saturated heterocycles. The highest BCUT2D eigenvalue weighted by Gasteiger charge is 2.25. The quantitative estimate of drug-likeness (QED) is 0.491. The second-order valence-corrected chi connectivity index (χ2v) is 9.10. The molecule has 5 rings (SSSR count). The van der Waals surface area contributed by atoms with Crippen LogP contribution in [-0.4, -0.2) is 22.2 Å². The summed E-state index contributed by atoms with van der Waals surface area (Å²) in [7, 11) is 1.56. The summed E-state index contributed by atoms with van der Waals surface area (Å²) >= 11 is 1.46. The lowest BCUT2D eigenvalue weighted by Gasteiger charge is -2.14. The molecule has 168 valence electrons. The topological polar surface area (TPSA) is 82.3 Å². The molecule has 0 bridgehead atoms. The van der Waals surface area contributed by atoms with E-state index in [1.165, 1.54) is 20.5 Å². The molecule has 8 heteroatoms. The van der Waals surface area contributed by atoms with E-state index in [1.54, 1.807) is 55.6 Å². The molecule has 33 heavy (non-hydrogen) atoms. The highest BCUT2D eigenvalue weighted by atomic mass is 32.1. The van der Waals surface area contributed by atoms with Crippen LogP contribution in [0, 0.1) is 0 Å². The average Bonchev–Trinajstić information content (AvgIpc) is 3.22. The normalized spacial score (nSPS) is 13.0. The standard InChI is InChI=1S/C25H23N3O4S/c1-32-18-11-7-8-16(14-18)26-21(29)15-27-24-22(19-12-5-6-13-20(19)33-24)23(30)28(25(27)31)17-9-3-2-4-10-17/h2-4,7-11,14H,5-6,12-13,15H2,1H3,(H,26,29). The molecule has 0 spiro atoms. The molecule has 4 aromatic rings. The number of carbonyl (C=O) groups excluding carboxylic acids is 1. The number of thiophene rings is 1. The predicted octanol–water partition coefficient (Wildman–Crippen LogP) is 3.74. The number of anilines is 1. The summed E-state index contributed by atoms with van der Waals surface area (Å²) < 4.78 is 7.83. The van der Waals surface area contributed by atoms with Crippen molar-refractivity contribution in [2.24, 2.45) is 0 Å². The molecular weight excluding hydrogens is 438 g/mol. The van der Waals surface area contributed by atoms with E-state index in [9.17, 15) is 14.4 Å². The number of amides is 1. The molecule has 1 aliphatic carbocycles. The molecule has 7 nitrogen and oxygen atoms in total. The average molecular weight is 462 g/mol. The maximum atomic E-state index is 13.5. The van der Waals surface area contributed by atoms with Crippen LogP contribution in [0.5, 0.6) is 5.75 Å². The molecule has 1 amide bonds. The SMILES string of the molecule is COc1cccc(NC(=O)Cn2c(=O)n(-c3ccccc3)c(=O)c3c4c(sc32)CCCC4)c1. The first kappa shape index (κ1) is 21.2. The first-order chi connectivity index (χ1) is 16.1. The Hall–Kier alpha value is -3.65. The number of aromatic nitrogens is 2. The lowest BCUT2D eigenvalue weighted by molar-refractivity contribution is -0.116. The van der Waals surface area contributed by atoms with Gasteiger partial charge in [-0.2, -0.15) is 0 Å². The number of methoxy groups -OCH3 is 1. The molecule has 2 aromatic heterocycles. The summed E-state index contributed by atoms with van der Waals surface area (Å²) in [6, 6.07) is 15.9. The summed E-state index contributed by atoms with van der Waals surface area (Å²) in [5.74, 6) is 0.271. The summed E-state index contributed by atoms with van der Waals surface area (Å²) in [5.41, 5.74) is 1.26. The van der Waals surface area contributed by atoms with Gasteiger partial charge < -0.3 is 10.1 Å². The zero-order valence-electron chi connectivity index (χ0n) is 18.2. The number of carbonyl (C=O) groups is 1. The van der Waals surface area contributed by atoms with Crippen molar-refractivity contribution in [1.29, 1.82) is 0 Å². The molecular formula is C25H23N3O4S. The number of hydrogen-bond donors (Lipinski definition) is 1. The molecule has 0 aliphatic heterocycles. The van der Waals surface area contributed by atoms with Crippen molar-refractivity contribution in [2.45, 2.75) is 32.2 Å². The van der Waals surface area contributed by atoms with Gasteiger partial charge in [-0.15, -0.1) is 11.3 Å². The largest absolute Gasteiger partial charge is 0.497 e. The number of fused-ring (bicyclic) bond motifs is 3. The van der Waals surface area contributed by atoms with E-state index in [2.05, 4.69) is 5.32 Å².